The van der Waals surface area contributed by atoms with Crippen LogP contribution in [-0.2, 0) is 6.54 Å². The Labute approximate surface area is 146 Å². The summed E-state index contributed by atoms with van der Waals surface area (Å²) in [4.78, 5) is 17.0. The summed E-state index contributed by atoms with van der Waals surface area (Å²) in [7, 11) is 1.65. The Kier molecular flexibility index (Phi) is 5.07. The monoisotopic (exact) mass is 341 g/mol. The average molecular weight is 341 g/mol. The van der Waals surface area contributed by atoms with Crippen LogP contribution in [0.4, 0.5) is 0 Å². The number of methoxy groups -OCH3 is 1. The largest absolute Gasteiger partial charge is 0.497 e. The van der Waals surface area contributed by atoms with E-state index in [2.05, 4.69) is 16.8 Å². The van der Waals surface area contributed by atoms with Crippen LogP contribution >= 0.6 is 0 Å². The van der Waals surface area contributed by atoms with Gasteiger partial charge in [0, 0.05) is 12.6 Å². The van der Waals surface area contributed by atoms with Crippen LogP contribution in [0.25, 0.3) is 11.0 Å². The maximum atomic E-state index is 12.3. The first-order valence-corrected chi connectivity index (χ1v) is 8.52. The molecular formula is C19H23N3O3. The minimum Gasteiger partial charge on any atom is -0.497 e. The molecule has 0 fully saturated rings. The Morgan fingerprint density at radius 3 is 2.92 bits per heavy atom. The summed E-state index contributed by atoms with van der Waals surface area (Å²) in [6.07, 6.45) is 3.60. The van der Waals surface area contributed by atoms with Gasteiger partial charge in [-0.2, -0.15) is 0 Å². The van der Waals surface area contributed by atoms with Crippen LogP contribution in [0, 0.1) is 0 Å². The fourth-order valence-corrected chi connectivity index (χ4v) is 2.87. The van der Waals surface area contributed by atoms with Gasteiger partial charge in [0.25, 0.3) is 5.91 Å². The molecule has 2 heterocycles. The van der Waals surface area contributed by atoms with Crippen LogP contribution in [0.2, 0.25) is 0 Å². The van der Waals surface area contributed by atoms with Gasteiger partial charge in [-0.05, 0) is 37.6 Å². The topological polar surface area (TPSA) is 69.3 Å². The van der Waals surface area contributed by atoms with E-state index in [1.54, 1.807) is 19.2 Å². The number of fused-ring (bicyclic) bond motifs is 1. The lowest BCUT2D eigenvalue weighted by Crippen LogP contribution is -2.28. The SMILES string of the molecule is CCCCn1c(C(C)NC(=O)c2ccco2)nc2ccc(OC)cc21. The molecule has 0 bridgehead atoms. The first-order chi connectivity index (χ1) is 12.1. The van der Waals surface area contributed by atoms with E-state index >= 15 is 0 Å². The van der Waals surface area contributed by atoms with Gasteiger partial charge in [-0.25, -0.2) is 4.98 Å². The van der Waals surface area contributed by atoms with Crippen molar-refractivity contribution in [3.63, 3.8) is 0 Å². The highest BCUT2D eigenvalue weighted by atomic mass is 16.5. The van der Waals surface area contributed by atoms with Crippen LogP contribution < -0.4 is 10.1 Å². The number of nitrogens with one attached hydrogen (secondary N) is 1. The van der Waals surface area contributed by atoms with Crippen molar-refractivity contribution in [2.24, 2.45) is 0 Å². The number of amides is 1. The number of aryl methyl sites for hydroxylation is 1. The molecule has 0 aliphatic carbocycles. The second kappa shape index (κ2) is 7.42. The smallest absolute Gasteiger partial charge is 0.287 e. The second-order valence-corrected chi connectivity index (χ2v) is 6.00. The van der Waals surface area contributed by atoms with Crippen molar-refractivity contribution in [3.05, 3.63) is 48.2 Å². The normalized spacial score (nSPS) is 12.3. The van der Waals surface area contributed by atoms with Gasteiger partial charge >= 0.3 is 0 Å². The highest BCUT2D eigenvalue weighted by Gasteiger charge is 2.20. The van der Waals surface area contributed by atoms with Crippen molar-refractivity contribution in [1.82, 2.24) is 14.9 Å². The number of furan rings is 1. The van der Waals surface area contributed by atoms with Crippen LogP contribution in [0.3, 0.4) is 0 Å². The third-order valence-corrected chi connectivity index (χ3v) is 4.20. The minimum atomic E-state index is -0.246. The molecule has 0 spiro atoms. The quantitative estimate of drug-likeness (QED) is 0.707. The molecule has 0 saturated carbocycles. The molecule has 0 aliphatic rings. The van der Waals surface area contributed by atoms with Crippen molar-refractivity contribution in [1.29, 1.82) is 0 Å². The number of carbonyl (C=O) groups excluding carboxylic acids is 1. The van der Waals surface area contributed by atoms with Gasteiger partial charge in [0.15, 0.2) is 5.76 Å². The van der Waals surface area contributed by atoms with Gasteiger partial charge in [-0.3, -0.25) is 4.79 Å². The van der Waals surface area contributed by atoms with Crippen LogP contribution in [-0.4, -0.2) is 22.6 Å². The number of rotatable bonds is 7. The molecule has 6 nitrogen and oxygen atoms in total. The lowest BCUT2D eigenvalue weighted by atomic mass is 10.2. The summed E-state index contributed by atoms with van der Waals surface area (Å²) in [6.45, 7) is 4.93. The number of hydrogen-bond acceptors (Lipinski definition) is 4. The Morgan fingerprint density at radius 2 is 2.24 bits per heavy atom. The Bertz CT molecular complexity index is 852. The van der Waals surface area contributed by atoms with E-state index in [9.17, 15) is 4.79 Å². The molecule has 3 aromatic rings. The molecule has 0 saturated heterocycles. The first kappa shape index (κ1) is 17.1. The van der Waals surface area contributed by atoms with Gasteiger partial charge in [0.2, 0.25) is 0 Å². The molecule has 1 atom stereocenters. The number of benzene rings is 1. The molecule has 1 N–H and O–H groups in total. The molecule has 132 valence electrons. The first-order valence-electron chi connectivity index (χ1n) is 8.52. The van der Waals surface area contributed by atoms with E-state index in [0.29, 0.717) is 5.76 Å². The molecule has 0 radical (unpaired) electrons. The zero-order valence-corrected chi connectivity index (χ0v) is 14.8. The van der Waals surface area contributed by atoms with Crippen LogP contribution in [0.5, 0.6) is 5.75 Å². The maximum Gasteiger partial charge on any atom is 0.287 e. The van der Waals surface area contributed by atoms with Crippen LogP contribution in [0.15, 0.2) is 41.0 Å². The van der Waals surface area contributed by atoms with E-state index < -0.39 is 0 Å². The molecule has 25 heavy (non-hydrogen) atoms. The van der Waals surface area contributed by atoms with Crippen molar-refractivity contribution < 1.29 is 13.9 Å². The van der Waals surface area contributed by atoms with E-state index in [4.69, 9.17) is 14.1 Å². The Morgan fingerprint density at radius 1 is 1.40 bits per heavy atom. The standard InChI is InChI=1S/C19H23N3O3/c1-4-5-10-22-16-12-14(24-3)8-9-15(16)21-18(22)13(2)20-19(23)17-7-6-11-25-17/h6-9,11-13H,4-5,10H2,1-3H3,(H,20,23). The molecule has 1 aromatic carbocycles. The molecule has 6 heteroatoms. The zero-order chi connectivity index (χ0) is 17.8. The molecule has 0 aliphatic heterocycles. The molecular weight excluding hydrogens is 318 g/mol. The number of imidazole rings is 1. The maximum absolute atomic E-state index is 12.3. The fourth-order valence-electron chi connectivity index (χ4n) is 2.87. The average Bonchev–Trinajstić information content (AvgIpc) is 3.27. The number of nitrogens with zero attached hydrogens (tertiary/aromatic N) is 2. The van der Waals surface area contributed by atoms with Crippen molar-refractivity contribution in [2.45, 2.75) is 39.3 Å². The lowest BCUT2D eigenvalue weighted by Gasteiger charge is -2.15. The fraction of sp³-hybridized carbons (Fsp3) is 0.368. The lowest BCUT2D eigenvalue weighted by molar-refractivity contribution is 0.0909. The van der Waals surface area contributed by atoms with Crippen molar-refractivity contribution >= 4 is 16.9 Å². The second-order valence-electron chi connectivity index (χ2n) is 6.00. The highest BCUT2D eigenvalue weighted by molar-refractivity contribution is 5.91. The van der Waals surface area contributed by atoms with E-state index in [-0.39, 0.29) is 11.9 Å². The van der Waals surface area contributed by atoms with E-state index in [1.807, 2.05) is 25.1 Å². The molecule has 1 unspecified atom stereocenters. The van der Waals surface area contributed by atoms with Gasteiger partial charge in [0.1, 0.15) is 11.6 Å². The number of carbonyl (C=O) groups is 1. The number of hydrogen-bond donors (Lipinski definition) is 1. The van der Waals surface area contributed by atoms with Gasteiger partial charge in [0.05, 0.1) is 30.4 Å². The predicted molar refractivity (Wildman–Crippen MR) is 95.8 cm³/mol. The van der Waals surface area contributed by atoms with Crippen LogP contribution in [0.1, 0.15) is 49.1 Å². The third-order valence-electron chi connectivity index (χ3n) is 4.20. The highest BCUT2D eigenvalue weighted by Crippen LogP contribution is 2.25. The van der Waals surface area contributed by atoms with Gasteiger partial charge in [-0.15, -0.1) is 0 Å². The van der Waals surface area contributed by atoms with Crippen molar-refractivity contribution in [2.75, 3.05) is 7.11 Å². The summed E-state index contributed by atoms with van der Waals surface area (Å²) in [6, 6.07) is 8.93. The number of aromatic nitrogens is 2. The summed E-state index contributed by atoms with van der Waals surface area (Å²) in [5.41, 5.74) is 1.91. The summed E-state index contributed by atoms with van der Waals surface area (Å²) >= 11 is 0. The van der Waals surface area contributed by atoms with Gasteiger partial charge < -0.3 is 19.0 Å². The minimum absolute atomic E-state index is 0.243. The van der Waals surface area contributed by atoms with E-state index in [0.717, 1.165) is 42.0 Å². The Balaban J connectivity index is 1.94. The number of ether oxygens (including phenoxy) is 1. The summed E-state index contributed by atoms with van der Waals surface area (Å²) in [5.74, 6) is 1.68. The molecule has 3 rings (SSSR count). The number of unbranched alkanes of at least 4 members (excludes halogenated alkanes) is 1. The van der Waals surface area contributed by atoms with E-state index in [1.165, 1.54) is 6.26 Å². The zero-order valence-electron chi connectivity index (χ0n) is 14.8. The summed E-state index contributed by atoms with van der Waals surface area (Å²) in [5, 5.41) is 2.96. The van der Waals surface area contributed by atoms with Crippen molar-refractivity contribution in [3.8, 4) is 5.75 Å². The molecule has 2 aromatic heterocycles. The van der Waals surface area contributed by atoms with Gasteiger partial charge in [-0.1, -0.05) is 13.3 Å². The Hall–Kier alpha value is -2.76. The predicted octanol–water partition coefficient (Wildman–Crippen LogP) is 3.93. The summed E-state index contributed by atoms with van der Waals surface area (Å²) < 4.78 is 12.7. The molecule has 1 amide bonds. The third kappa shape index (κ3) is 3.52.